The van der Waals surface area contributed by atoms with Gasteiger partial charge in [-0.15, -0.1) is 0 Å². The minimum atomic E-state index is -0.152. The van der Waals surface area contributed by atoms with Crippen molar-refractivity contribution in [3.8, 4) is 0 Å². The first-order chi connectivity index (χ1) is 7.36. The van der Waals surface area contributed by atoms with Gasteiger partial charge in [-0.25, -0.2) is 4.39 Å². The number of aryl methyl sites for hydroxylation is 1. The minimum Gasteiger partial charge on any atom is -0.356 e. The van der Waals surface area contributed by atoms with Crippen molar-refractivity contribution < 1.29 is 4.39 Å². The number of hydrogen-bond acceptors (Lipinski definition) is 1. The highest BCUT2D eigenvalue weighted by molar-refractivity contribution is 5.85. The topological polar surface area (TPSA) is 27.8 Å². The molecule has 0 unspecified atom stereocenters. The fourth-order valence-electron chi connectivity index (χ4n) is 2.31. The van der Waals surface area contributed by atoms with Crippen molar-refractivity contribution in [2.75, 3.05) is 6.54 Å². The minimum absolute atomic E-state index is 0.152. The Kier molecular flexibility index (Phi) is 1.99. The quantitative estimate of drug-likeness (QED) is 0.677. The van der Waals surface area contributed by atoms with E-state index in [1.165, 1.54) is 17.3 Å². The number of halogens is 1. The van der Waals surface area contributed by atoms with Crippen LogP contribution >= 0.6 is 0 Å². The number of aromatic amines is 1. The Morgan fingerprint density at radius 3 is 3.13 bits per heavy atom. The zero-order valence-electron chi connectivity index (χ0n) is 8.44. The van der Waals surface area contributed by atoms with Crippen molar-refractivity contribution in [2.24, 2.45) is 0 Å². The Balaban J connectivity index is 2.28. The highest BCUT2D eigenvalue weighted by Gasteiger charge is 2.15. The summed E-state index contributed by atoms with van der Waals surface area (Å²) < 4.78 is 13.5. The van der Waals surface area contributed by atoms with Crippen LogP contribution in [0.25, 0.3) is 10.9 Å². The Hall–Kier alpha value is -1.35. The molecule has 2 N–H and O–H groups in total. The first-order valence-corrected chi connectivity index (χ1v) is 5.35. The molecule has 0 saturated heterocycles. The molecule has 15 heavy (non-hydrogen) atoms. The van der Waals surface area contributed by atoms with Crippen LogP contribution in [-0.4, -0.2) is 11.5 Å². The van der Waals surface area contributed by atoms with Crippen LogP contribution in [0.5, 0.6) is 0 Å². The third-order valence-electron chi connectivity index (χ3n) is 3.06. The van der Waals surface area contributed by atoms with Crippen LogP contribution in [0.4, 0.5) is 4.39 Å². The number of benzene rings is 1. The molecule has 0 aliphatic carbocycles. The van der Waals surface area contributed by atoms with Gasteiger partial charge in [0.05, 0.1) is 5.52 Å². The van der Waals surface area contributed by atoms with Gasteiger partial charge in [-0.2, -0.15) is 0 Å². The third kappa shape index (κ3) is 1.35. The van der Waals surface area contributed by atoms with Crippen molar-refractivity contribution in [1.82, 2.24) is 10.3 Å². The average Bonchev–Trinajstić information content (AvgIpc) is 2.45. The summed E-state index contributed by atoms with van der Waals surface area (Å²) in [5.74, 6) is -0.152. The first-order valence-electron chi connectivity index (χ1n) is 5.35. The van der Waals surface area contributed by atoms with E-state index >= 15 is 0 Å². The Morgan fingerprint density at radius 2 is 2.20 bits per heavy atom. The second-order valence-corrected chi connectivity index (χ2v) is 4.02. The summed E-state index contributed by atoms with van der Waals surface area (Å²) in [4.78, 5) is 3.21. The SMILES string of the molecule is Fc1cccc2c3c([nH]c12)CCCNC3. The van der Waals surface area contributed by atoms with Crippen LogP contribution in [0.1, 0.15) is 17.7 Å². The zero-order chi connectivity index (χ0) is 10.3. The van der Waals surface area contributed by atoms with E-state index in [2.05, 4.69) is 10.3 Å². The summed E-state index contributed by atoms with van der Waals surface area (Å²) in [6.45, 7) is 1.89. The molecule has 0 atom stereocenters. The fraction of sp³-hybridized carbons (Fsp3) is 0.333. The van der Waals surface area contributed by atoms with Gasteiger partial charge < -0.3 is 10.3 Å². The van der Waals surface area contributed by atoms with Crippen LogP contribution in [0.15, 0.2) is 18.2 Å². The lowest BCUT2D eigenvalue weighted by molar-refractivity contribution is 0.636. The number of aromatic nitrogens is 1. The van der Waals surface area contributed by atoms with E-state index in [0.29, 0.717) is 5.52 Å². The standard InChI is InChI=1S/C12H13FN2/c13-10-4-1-3-8-9-7-14-6-2-5-11(9)15-12(8)10/h1,3-4,14-15H,2,5-7H2. The van der Waals surface area contributed by atoms with Gasteiger partial charge in [0, 0.05) is 17.6 Å². The molecule has 3 heteroatoms. The maximum absolute atomic E-state index is 13.5. The molecule has 2 heterocycles. The Morgan fingerprint density at radius 1 is 1.27 bits per heavy atom. The van der Waals surface area contributed by atoms with Crippen LogP contribution in [0.3, 0.4) is 0 Å². The van der Waals surface area contributed by atoms with Gasteiger partial charge >= 0.3 is 0 Å². The normalized spacial score (nSPS) is 16.3. The second kappa shape index (κ2) is 3.35. The lowest BCUT2D eigenvalue weighted by atomic mass is 10.1. The highest BCUT2D eigenvalue weighted by Crippen LogP contribution is 2.26. The molecule has 1 aromatic carbocycles. The smallest absolute Gasteiger partial charge is 0.147 e. The molecule has 0 amide bonds. The summed E-state index contributed by atoms with van der Waals surface area (Å²) in [6.07, 6.45) is 2.12. The van der Waals surface area contributed by atoms with Gasteiger partial charge in [0.1, 0.15) is 5.82 Å². The lowest BCUT2D eigenvalue weighted by Crippen LogP contribution is -2.11. The van der Waals surface area contributed by atoms with Gasteiger partial charge in [-0.05, 0) is 31.0 Å². The van der Waals surface area contributed by atoms with Crippen LogP contribution in [-0.2, 0) is 13.0 Å². The molecule has 0 fully saturated rings. The predicted molar refractivity (Wildman–Crippen MR) is 58.3 cm³/mol. The van der Waals surface area contributed by atoms with Crippen LogP contribution in [0, 0.1) is 5.82 Å². The van der Waals surface area contributed by atoms with Crippen molar-refractivity contribution in [3.05, 3.63) is 35.3 Å². The van der Waals surface area contributed by atoms with Gasteiger partial charge in [0.15, 0.2) is 0 Å². The molecule has 1 aliphatic heterocycles. The van der Waals surface area contributed by atoms with Crippen molar-refractivity contribution in [2.45, 2.75) is 19.4 Å². The molecule has 3 rings (SSSR count). The maximum Gasteiger partial charge on any atom is 0.147 e. The predicted octanol–water partition coefficient (Wildman–Crippen LogP) is 2.34. The lowest BCUT2D eigenvalue weighted by Gasteiger charge is -1.99. The molecular formula is C12H13FN2. The van der Waals surface area contributed by atoms with E-state index in [4.69, 9.17) is 0 Å². The van der Waals surface area contributed by atoms with Gasteiger partial charge in [0.25, 0.3) is 0 Å². The van der Waals surface area contributed by atoms with Gasteiger partial charge in [0.2, 0.25) is 0 Å². The van der Waals surface area contributed by atoms with Gasteiger partial charge in [-0.1, -0.05) is 12.1 Å². The number of fused-ring (bicyclic) bond motifs is 3. The summed E-state index contributed by atoms with van der Waals surface area (Å²) in [5, 5.41) is 4.39. The monoisotopic (exact) mass is 204 g/mol. The fourth-order valence-corrected chi connectivity index (χ4v) is 2.31. The van der Waals surface area contributed by atoms with Crippen LogP contribution < -0.4 is 5.32 Å². The van der Waals surface area contributed by atoms with Crippen molar-refractivity contribution in [3.63, 3.8) is 0 Å². The molecule has 1 aliphatic rings. The van der Waals surface area contributed by atoms with Crippen molar-refractivity contribution in [1.29, 1.82) is 0 Å². The summed E-state index contributed by atoms with van der Waals surface area (Å²) in [7, 11) is 0. The molecule has 0 radical (unpaired) electrons. The molecule has 0 spiro atoms. The van der Waals surface area contributed by atoms with E-state index in [9.17, 15) is 4.39 Å². The van der Waals surface area contributed by atoms with E-state index in [-0.39, 0.29) is 5.82 Å². The zero-order valence-corrected chi connectivity index (χ0v) is 8.44. The first kappa shape index (κ1) is 8.92. The maximum atomic E-state index is 13.5. The number of nitrogens with one attached hydrogen (secondary N) is 2. The summed E-state index contributed by atoms with van der Waals surface area (Å²) in [6, 6.07) is 5.27. The Bertz CT molecular complexity index is 502. The summed E-state index contributed by atoms with van der Waals surface area (Å²) >= 11 is 0. The van der Waals surface area contributed by atoms with E-state index in [1.54, 1.807) is 6.07 Å². The number of hydrogen-bond donors (Lipinski definition) is 2. The molecule has 0 bridgehead atoms. The molecule has 2 nitrogen and oxygen atoms in total. The van der Waals surface area contributed by atoms with E-state index in [0.717, 1.165) is 31.3 Å². The molecule has 1 aromatic heterocycles. The Labute approximate surface area is 87.5 Å². The van der Waals surface area contributed by atoms with Crippen LogP contribution in [0.2, 0.25) is 0 Å². The van der Waals surface area contributed by atoms with Gasteiger partial charge in [-0.3, -0.25) is 0 Å². The molecule has 2 aromatic rings. The molecular weight excluding hydrogens is 191 g/mol. The molecule has 0 saturated carbocycles. The average molecular weight is 204 g/mol. The summed E-state index contributed by atoms with van der Waals surface area (Å²) in [5.41, 5.74) is 3.09. The number of H-pyrrole nitrogens is 1. The number of para-hydroxylation sites is 1. The van der Waals surface area contributed by atoms with E-state index in [1.807, 2.05) is 6.07 Å². The number of rotatable bonds is 0. The second-order valence-electron chi connectivity index (χ2n) is 4.02. The largest absolute Gasteiger partial charge is 0.356 e. The van der Waals surface area contributed by atoms with E-state index < -0.39 is 0 Å². The molecule has 78 valence electrons. The highest BCUT2D eigenvalue weighted by atomic mass is 19.1. The third-order valence-corrected chi connectivity index (χ3v) is 3.06. The van der Waals surface area contributed by atoms with Crippen molar-refractivity contribution >= 4 is 10.9 Å².